The number of benzene rings is 1. The molecule has 0 aromatic heterocycles. The van der Waals surface area contributed by atoms with Gasteiger partial charge in [0.1, 0.15) is 5.75 Å². The van der Waals surface area contributed by atoms with E-state index in [4.69, 9.17) is 5.73 Å². The Morgan fingerprint density at radius 2 is 1.68 bits per heavy atom. The highest BCUT2D eigenvalue weighted by atomic mass is 35.5. The molecule has 0 saturated carbocycles. The second kappa shape index (κ2) is 8.24. The van der Waals surface area contributed by atoms with Crippen molar-refractivity contribution in [3.63, 3.8) is 0 Å². The minimum Gasteiger partial charge on any atom is -0.406 e. The third-order valence-corrected chi connectivity index (χ3v) is 3.36. The van der Waals surface area contributed by atoms with Gasteiger partial charge in [0.25, 0.3) is 5.91 Å². The number of hydrogen-bond donors (Lipinski definition) is 2. The highest BCUT2D eigenvalue weighted by molar-refractivity contribution is 5.94. The molecule has 4 nitrogen and oxygen atoms in total. The summed E-state index contributed by atoms with van der Waals surface area (Å²) in [5, 5.41) is 2.68. The average Bonchev–Trinajstić information content (AvgIpc) is 2.43. The van der Waals surface area contributed by atoms with Crippen molar-refractivity contribution in [2.24, 2.45) is 5.73 Å². The van der Waals surface area contributed by atoms with Crippen molar-refractivity contribution in [1.29, 1.82) is 0 Å². The molecule has 1 aromatic rings. The van der Waals surface area contributed by atoms with Crippen LogP contribution in [0.5, 0.6) is 5.75 Å². The predicted molar refractivity (Wildman–Crippen MR) is 80.2 cm³/mol. The normalized spacial score (nSPS) is 11.5. The summed E-state index contributed by atoms with van der Waals surface area (Å²) < 4.78 is 39.8. The van der Waals surface area contributed by atoms with E-state index in [-0.39, 0.29) is 29.6 Å². The first-order chi connectivity index (χ1) is 9.69. The van der Waals surface area contributed by atoms with Gasteiger partial charge in [-0.15, -0.1) is 25.6 Å². The summed E-state index contributed by atoms with van der Waals surface area (Å²) in [4.78, 5) is 11.9. The fraction of sp³-hybridized carbons (Fsp3) is 0.500. The Bertz CT molecular complexity index is 474. The third-order valence-electron chi connectivity index (χ3n) is 3.36. The van der Waals surface area contributed by atoms with E-state index in [1.54, 1.807) is 0 Å². The van der Waals surface area contributed by atoms with Gasteiger partial charge in [-0.1, -0.05) is 13.8 Å². The Hall–Kier alpha value is -1.47. The summed E-state index contributed by atoms with van der Waals surface area (Å²) in [5.41, 5.74) is 5.83. The molecule has 3 N–H and O–H groups in total. The lowest BCUT2D eigenvalue weighted by molar-refractivity contribution is -0.274. The Morgan fingerprint density at radius 1 is 1.18 bits per heavy atom. The van der Waals surface area contributed by atoms with Crippen molar-refractivity contribution in [3.8, 4) is 5.75 Å². The van der Waals surface area contributed by atoms with Gasteiger partial charge in [0.15, 0.2) is 0 Å². The van der Waals surface area contributed by atoms with Crippen LogP contribution in [0.2, 0.25) is 0 Å². The highest BCUT2D eigenvalue weighted by Crippen LogP contribution is 2.22. The molecule has 1 rings (SSSR count). The summed E-state index contributed by atoms with van der Waals surface area (Å²) in [6.45, 7) is 4.16. The highest BCUT2D eigenvalue weighted by Gasteiger charge is 2.31. The lowest BCUT2D eigenvalue weighted by Crippen LogP contribution is -2.49. The molecule has 0 unspecified atom stereocenters. The molecular weight excluding hydrogens is 321 g/mol. The number of carbonyl (C=O) groups excluding carboxylic acids is 1. The first-order valence-electron chi connectivity index (χ1n) is 6.62. The number of halogens is 4. The van der Waals surface area contributed by atoms with Crippen LogP contribution in [0.4, 0.5) is 13.2 Å². The second-order valence-corrected chi connectivity index (χ2v) is 4.82. The van der Waals surface area contributed by atoms with E-state index in [1.807, 2.05) is 13.8 Å². The van der Waals surface area contributed by atoms with Crippen LogP contribution in [0.3, 0.4) is 0 Å². The SMILES string of the molecule is CCC(N)(CC)CNC(=O)c1ccc(OC(F)(F)F)cc1.Cl. The van der Waals surface area contributed by atoms with E-state index in [0.717, 1.165) is 12.1 Å². The van der Waals surface area contributed by atoms with Crippen LogP contribution < -0.4 is 15.8 Å². The molecule has 0 saturated heterocycles. The van der Waals surface area contributed by atoms with E-state index < -0.39 is 11.9 Å². The summed E-state index contributed by atoms with van der Waals surface area (Å²) in [5.74, 6) is -0.750. The molecular formula is C14H20ClF3N2O2. The van der Waals surface area contributed by atoms with Crippen molar-refractivity contribution in [2.45, 2.75) is 38.6 Å². The number of amides is 1. The zero-order chi connectivity index (χ0) is 16.1. The van der Waals surface area contributed by atoms with E-state index in [0.29, 0.717) is 19.4 Å². The van der Waals surface area contributed by atoms with Gasteiger partial charge in [-0.25, -0.2) is 0 Å². The molecule has 0 bridgehead atoms. The molecule has 1 aromatic carbocycles. The fourth-order valence-electron chi connectivity index (χ4n) is 1.67. The van der Waals surface area contributed by atoms with Gasteiger partial charge in [-0.2, -0.15) is 0 Å². The maximum Gasteiger partial charge on any atom is 0.573 e. The van der Waals surface area contributed by atoms with Crippen molar-refractivity contribution < 1.29 is 22.7 Å². The second-order valence-electron chi connectivity index (χ2n) is 4.82. The quantitative estimate of drug-likeness (QED) is 0.835. The Morgan fingerprint density at radius 3 is 2.09 bits per heavy atom. The number of nitrogens with two attached hydrogens (primary N) is 1. The lowest BCUT2D eigenvalue weighted by Gasteiger charge is -2.26. The van der Waals surface area contributed by atoms with Crippen LogP contribution in [0.1, 0.15) is 37.0 Å². The van der Waals surface area contributed by atoms with Crippen molar-refractivity contribution >= 4 is 18.3 Å². The molecule has 8 heteroatoms. The van der Waals surface area contributed by atoms with Crippen molar-refractivity contribution in [3.05, 3.63) is 29.8 Å². The molecule has 0 heterocycles. The predicted octanol–water partition coefficient (Wildman–Crippen LogP) is 3.25. The standard InChI is InChI=1S/C14H19F3N2O2.ClH/c1-3-13(18,4-2)9-19-12(20)10-5-7-11(8-6-10)21-14(15,16)17;/h5-8H,3-4,9,18H2,1-2H3,(H,19,20);1H. The molecule has 0 fully saturated rings. The van der Waals surface area contributed by atoms with Gasteiger partial charge >= 0.3 is 6.36 Å². The first-order valence-corrected chi connectivity index (χ1v) is 6.62. The largest absolute Gasteiger partial charge is 0.573 e. The third kappa shape index (κ3) is 6.53. The molecule has 0 atom stereocenters. The molecule has 0 aliphatic heterocycles. The lowest BCUT2D eigenvalue weighted by atomic mass is 9.94. The fourth-order valence-corrected chi connectivity index (χ4v) is 1.67. The van der Waals surface area contributed by atoms with E-state index in [2.05, 4.69) is 10.1 Å². The zero-order valence-corrected chi connectivity index (χ0v) is 13.2. The topological polar surface area (TPSA) is 64.3 Å². The smallest absolute Gasteiger partial charge is 0.406 e. The van der Waals surface area contributed by atoms with Gasteiger partial charge in [0.05, 0.1) is 0 Å². The Kier molecular flexibility index (Phi) is 7.69. The van der Waals surface area contributed by atoms with E-state index >= 15 is 0 Å². The molecule has 0 aliphatic rings. The molecule has 0 aliphatic carbocycles. The average molecular weight is 341 g/mol. The monoisotopic (exact) mass is 340 g/mol. The van der Waals surface area contributed by atoms with Crippen molar-refractivity contribution in [2.75, 3.05) is 6.54 Å². The van der Waals surface area contributed by atoms with Crippen LogP contribution in [-0.4, -0.2) is 24.4 Å². The maximum absolute atomic E-state index is 12.0. The van der Waals surface area contributed by atoms with Crippen LogP contribution in [-0.2, 0) is 0 Å². The minimum absolute atomic E-state index is 0. The number of hydrogen-bond acceptors (Lipinski definition) is 3. The molecule has 1 amide bonds. The number of rotatable bonds is 6. The zero-order valence-electron chi connectivity index (χ0n) is 12.4. The van der Waals surface area contributed by atoms with Gasteiger partial charge in [0.2, 0.25) is 0 Å². The van der Waals surface area contributed by atoms with E-state index in [9.17, 15) is 18.0 Å². The number of carbonyl (C=O) groups is 1. The first kappa shape index (κ1) is 20.5. The molecule has 0 radical (unpaired) electrons. The molecule has 126 valence electrons. The van der Waals surface area contributed by atoms with Gasteiger partial charge in [-0.3, -0.25) is 4.79 Å². The molecule has 22 heavy (non-hydrogen) atoms. The summed E-state index contributed by atoms with van der Waals surface area (Å²) in [7, 11) is 0. The van der Waals surface area contributed by atoms with E-state index in [1.165, 1.54) is 12.1 Å². The minimum atomic E-state index is -4.74. The van der Waals surface area contributed by atoms with Gasteiger partial charge < -0.3 is 15.8 Å². The summed E-state index contributed by atoms with van der Waals surface area (Å²) >= 11 is 0. The van der Waals surface area contributed by atoms with Gasteiger partial charge in [0, 0.05) is 17.6 Å². The van der Waals surface area contributed by atoms with Crippen LogP contribution in [0, 0.1) is 0 Å². The number of ether oxygens (including phenoxy) is 1. The van der Waals surface area contributed by atoms with Crippen LogP contribution in [0.25, 0.3) is 0 Å². The molecule has 0 spiro atoms. The summed E-state index contributed by atoms with van der Waals surface area (Å²) in [6, 6.07) is 4.73. The number of nitrogens with one attached hydrogen (secondary N) is 1. The Labute approximate surface area is 133 Å². The maximum atomic E-state index is 12.0. The summed E-state index contributed by atoms with van der Waals surface area (Å²) in [6.07, 6.45) is -3.32. The van der Waals surface area contributed by atoms with Crippen LogP contribution in [0.15, 0.2) is 24.3 Å². The van der Waals surface area contributed by atoms with Crippen LogP contribution >= 0.6 is 12.4 Å². The van der Waals surface area contributed by atoms with Crippen molar-refractivity contribution in [1.82, 2.24) is 5.32 Å². The Balaban J connectivity index is 0.00000441. The number of alkyl halides is 3. The van der Waals surface area contributed by atoms with Gasteiger partial charge in [-0.05, 0) is 37.1 Å².